The van der Waals surface area contributed by atoms with Gasteiger partial charge < -0.3 is 10.6 Å². The largest absolute Gasteiger partial charge is 0.349 e. The number of carbonyl (C=O) groups excluding carboxylic acids is 2. The zero-order valence-corrected chi connectivity index (χ0v) is 15.2. The Kier molecular flexibility index (Phi) is 5.72. The standard InChI is InChI=1S/C18H23N3O2S/c1-12(13-8-6-5-7-9-13)19-15(22)10-14-11-24-17(20-14)21-16(23)18(2,3)4/h5-9,11-12H,10H2,1-4H3,(H,19,22)(H,20,21,23)/t12-/m0/s1. The zero-order chi connectivity index (χ0) is 17.7. The summed E-state index contributed by atoms with van der Waals surface area (Å²) in [5.41, 5.74) is 1.23. The maximum absolute atomic E-state index is 12.2. The lowest BCUT2D eigenvalue weighted by Gasteiger charge is -2.16. The molecule has 0 saturated heterocycles. The Labute approximate surface area is 146 Å². The van der Waals surface area contributed by atoms with Crippen molar-refractivity contribution >= 4 is 28.3 Å². The third-order valence-electron chi connectivity index (χ3n) is 3.47. The Morgan fingerprint density at radius 3 is 2.50 bits per heavy atom. The molecule has 0 spiro atoms. The van der Waals surface area contributed by atoms with Crippen LogP contribution in [0, 0.1) is 5.41 Å². The molecule has 0 aliphatic carbocycles. The minimum absolute atomic E-state index is 0.0580. The van der Waals surface area contributed by atoms with Crippen molar-refractivity contribution in [2.75, 3.05) is 5.32 Å². The van der Waals surface area contributed by atoms with Crippen LogP contribution in [0.15, 0.2) is 35.7 Å². The molecule has 1 aromatic heterocycles. The Morgan fingerprint density at radius 1 is 1.21 bits per heavy atom. The van der Waals surface area contributed by atoms with Crippen LogP contribution in [0.1, 0.15) is 45.0 Å². The van der Waals surface area contributed by atoms with E-state index in [9.17, 15) is 9.59 Å². The molecule has 1 atom stereocenters. The second-order valence-corrected chi connectivity index (χ2v) is 7.58. The molecule has 2 rings (SSSR count). The van der Waals surface area contributed by atoms with Gasteiger partial charge >= 0.3 is 0 Å². The second kappa shape index (κ2) is 7.57. The number of benzene rings is 1. The third-order valence-corrected chi connectivity index (χ3v) is 4.28. The number of hydrogen-bond acceptors (Lipinski definition) is 4. The van der Waals surface area contributed by atoms with Crippen molar-refractivity contribution in [3.05, 3.63) is 47.0 Å². The van der Waals surface area contributed by atoms with Crippen LogP contribution < -0.4 is 10.6 Å². The molecular formula is C18H23N3O2S. The molecular weight excluding hydrogens is 322 g/mol. The number of carbonyl (C=O) groups is 2. The first-order chi connectivity index (χ1) is 11.3. The summed E-state index contributed by atoms with van der Waals surface area (Å²) < 4.78 is 0. The molecule has 0 radical (unpaired) electrons. The zero-order valence-electron chi connectivity index (χ0n) is 14.4. The fourth-order valence-corrected chi connectivity index (χ4v) is 2.72. The van der Waals surface area contributed by atoms with Gasteiger partial charge in [0, 0.05) is 10.8 Å². The van der Waals surface area contributed by atoms with Crippen molar-refractivity contribution in [1.82, 2.24) is 10.3 Å². The molecule has 1 aromatic carbocycles. The molecule has 0 unspecified atom stereocenters. The quantitative estimate of drug-likeness (QED) is 0.870. The molecule has 5 nitrogen and oxygen atoms in total. The van der Waals surface area contributed by atoms with Crippen molar-refractivity contribution in [2.24, 2.45) is 5.41 Å². The van der Waals surface area contributed by atoms with E-state index in [4.69, 9.17) is 0 Å². The van der Waals surface area contributed by atoms with Gasteiger partial charge in [0.05, 0.1) is 18.2 Å². The van der Waals surface area contributed by atoms with Crippen LogP contribution in [0.5, 0.6) is 0 Å². The number of hydrogen-bond donors (Lipinski definition) is 2. The monoisotopic (exact) mass is 345 g/mol. The predicted molar refractivity (Wildman–Crippen MR) is 96.9 cm³/mol. The van der Waals surface area contributed by atoms with Crippen LogP contribution in [0.3, 0.4) is 0 Å². The Hall–Kier alpha value is -2.21. The first-order valence-electron chi connectivity index (χ1n) is 7.86. The molecule has 24 heavy (non-hydrogen) atoms. The van der Waals surface area contributed by atoms with Gasteiger partial charge in [0.1, 0.15) is 0 Å². The molecule has 0 fully saturated rings. The SMILES string of the molecule is C[C@H](NC(=O)Cc1csc(NC(=O)C(C)(C)C)n1)c1ccccc1. The maximum Gasteiger partial charge on any atom is 0.231 e. The smallest absolute Gasteiger partial charge is 0.231 e. The number of thiazole rings is 1. The average Bonchev–Trinajstić information content (AvgIpc) is 2.94. The van der Waals surface area contributed by atoms with E-state index in [1.165, 1.54) is 11.3 Å². The number of rotatable bonds is 5. The van der Waals surface area contributed by atoms with Gasteiger partial charge in [0.15, 0.2) is 5.13 Å². The van der Waals surface area contributed by atoms with Crippen LogP contribution in [0.4, 0.5) is 5.13 Å². The minimum Gasteiger partial charge on any atom is -0.349 e. The number of nitrogens with one attached hydrogen (secondary N) is 2. The molecule has 0 aliphatic heterocycles. The highest BCUT2D eigenvalue weighted by Crippen LogP contribution is 2.21. The summed E-state index contributed by atoms with van der Waals surface area (Å²) in [5, 5.41) is 8.05. The van der Waals surface area contributed by atoms with E-state index in [2.05, 4.69) is 15.6 Å². The summed E-state index contributed by atoms with van der Waals surface area (Å²) >= 11 is 1.33. The van der Waals surface area contributed by atoms with E-state index in [1.54, 1.807) is 5.38 Å². The normalized spacial score (nSPS) is 12.5. The highest BCUT2D eigenvalue weighted by atomic mass is 32.1. The number of anilines is 1. The molecule has 0 aliphatic rings. The van der Waals surface area contributed by atoms with Crippen molar-refractivity contribution in [3.8, 4) is 0 Å². The summed E-state index contributed by atoms with van der Waals surface area (Å²) in [4.78, 5) is 28.4. The van der Waals surface area contributed by atoms with E-state index < -0.39 is 5.41 Å². The number of nitrogens with zero attached hydrogens (tertiary/aromatic N) is 1. The fraction of sp³-hybridized carbons (Fsp3) is 0.389. The van der Waals surface area contributed by atoms with Crippen LogP contribution in [-0.4, -0.2) is 16.8 Å². The van der Waals surface area contributed by atoms with Gasteiger partial charge in [-0.05, 0) is 12.5 Å². The van der Waals surface area contributed by atoms with E-state index in [1.807, 2.05) is 58.0 Å². The Bertz CT molecular complexity index is 705. The van der Waals surface area contributed by atoms with Gasteiger partial charge in [-0.15, -0.1) is 11.3 Å². The van der Waals surface area contributed by atoms with Crippen LogP contribution in [0.25, 0.3) is 0 Å². The van der Waals surface area contributed by atoms with Crippen molar-refractivity contribution in [2.45, 2.75) is 40.2 Å². The third kappa shape index (κ3) is 5.16. The number of aromatic nitrogens is 1. The summed E-state index contributed by atoms with van der Waals surface area (Å²) in [7, 11) is 0. The van der Waals surface area contributed by atoms with E-state index >= 15 is 0 Å². The molecule has 2 amide bonds. The van der Waals surface area contributed by atoms with Crippen LogP contribution in [0.2, 0.25) is 0 Å². The molecule has 2 N–H and O–H groups in total. The van der Waals surface area contributed by atoms with Gasteiger partial charge in [-0.1, -0.05) is 51.1 Å². The van der Waals surface area contributed by atoms with Gasteiger partial charge in [0.25, 0.3) is 0 Å². The van der Waals surface area contributed by atoms with Gasteiger partial charge in [-0.25, -0.2) is 4.98 Å². The summed E-state index contributed by atoms with van der Waals surface area (Å²) in [6.45, 7) is 7.48. The lowest BCUT2D eigenvalue weighted by atomic mass is 9.96. The molecule has 0 bridgehead atoms. The number of amides is 2. The van der Waals surface area contributed by atoms with E-state index in [0.29, 0.717) is 10.8 Å². The first kappa shape index (κ1) is 18.1. The van der Waals surface area contributed by atoms with Gasteiger partial charge in [0.2, 0.25) is 11.8 Å². The molecule has 0 saturated carbocycles. The van der Waals surface area contributed by atoms with E-state index in [-0.39, 0.29) is 24.3 Å². The first-order valence-corrected chi connectivity index (χ1v) is 8.74. The summed E-state index contributed by atoms with van der Waals surface area (Å²) in [5.74, 6) is -0.184. The summed E-state index contributed by atoms with van der Waals surface area (Å²) in [6.07, 6.45) is 0.194. The van der Waals surface area contributed by atoms with E-state index in [0.717, 1.165) is 5.56 Å². The average molecular weight is 345 g/mol. The molecule has 2 aromatic rings. The van der Waals surface area contributed by atoms with Crippen molar-refractivity contribution in [3.63, 3.8) is 0 Å². The highest BCUT2D eigenvalue weighted by Gasteiger charge is 2.22. The molecule has 6 heteroatoms. The Morgan fingerprint density at radius 2 is 1.88 bits per heavy atom. The summed E-state index contributed by atoms with van der Waals surface area (Å²) in [6, 6.07) is 9.74. The lowest BCUT2D eigenvalue weighted by Crippen LogP contribution is -2.28. The second-order valence-electron chi connectivity index (χ2n) is 6.72. The minimum atomic E-state index is -0.478. The Balaban J connectivity index is 1.90. The molecule has 1 heterocycles. The van der Waals surface area contributed by atoms with Gasteiger partial charge in [-0.2, -0.15) is 0 Å². The van der Waals surface area contributed by atoms with Crippen molar-refractivity contribution in [1.29, 1.82) is 0 Å². The fourth-order valence-electron chi connectivity index (χ4n) is 2.01. The van der Waals surface area contributed by atoms with Gasteiger partial charge in [-0.3, -0.25) is 9.59 Å². The van der Waals surface area contributed by atoms with Crippen LogP contribution >= 0.6 is 11.3 Å². The lowest BCUT2D eigenvalue weighted by molar-refractivity contribution is -0.123. The molecule has 128 valence electrons. The highest BCUT2D eigenvalue weighted by molar-refractivity contribution is 7.13. The maximum atomic E-state index is 12.2. The predicted octanol–water partition coefficient (Wildman–Crippen LogP) is 3.55. The topological polar surface area (TPSA) is 71.1 Å². The van der Waals surface area contributed by atoms with Crippen molar-refractivity contribution < 1.29 is 9.59 Å². The van der Waals surface area contributed by atoms with Crippen LogP contribution in [-0.2, 0) is 16.0 Å².